The lowest BCUT2D eigenvalue weighted by molar-refractivity contribution is -0.698. The summed E-state index contributed by atoms with van der Waals surface area (Å²) < 4.78 is 5.87. The second kappa shape index (κ2) is 9.12. The first-order valence-electron chi connectivity index (χ1n) is 10.1. The van der Waals surface area contributed by atoms with Crippen molar-refractivity contribution in [2.75, 3.05) is 0 Å². The Kier molecular flexibility index (Phi) is 6.11. The molecule has 0 saturated heterocycles. The molecule has 2 unspecified atom stereocenters. The van der Waals surface area contributed by atoms with Crippen LogP contribution in [-0.2, 0) is 0 Å². The van der Waals surface area contributed by atoms with E-state index in [0.29, 0.717) is 34.2 Å². The smallest absolute Gasteiger partial charge is 0.136 e. The van der Waals surface area contributed by atoms with Crippen LogP contribution in [0, 0.1) is 24.3 Å². The molecule has 0 aliphatic carbocycles. The van der Waals surface area contributed by atoms with Crippen molar-refractivity contribution >= 4 is 22.7 Å². The van der Waals surface area contributed by atoms with Crippen LogP contribution in [0.15, 0.2) is 97.1 Å². The Bertz CT molecular complexity index is 1060. The van der Waals surface area contributed by atoms with Gasteiger partial charge in [0.05, 0.1) is 0 Å². The minimum atomic E-state index is -0.0192. The average molecular weight is 412 g/mol. The van der Waals surface area contributed by atoms with Crippen molar-refractivity contribution in [2.24, 2.45) is 0 Å². The topological polar surface area (TPSA) is 64.2 Å². The van der Waals surface area contributed by atoms with Gasteiger partial charge in [0.1, 0.15) is 34.2 Å². The molecule has 5 heteroatoms. The van der Waals surface area contributed by atoms with Crippen LogP contribution in [-0.4, -0.2) is 0 Å². The summed E-state index contributed by atoms with van der Waals surface area (Å²) in [5.41, 5.74) is 4.66. The normalized spacial score (nSPS) is 12.9. The van der Waals surface area contributed by atoms with Crippen molar-refractivity contribution in [1.82, 2.24) is 0 Å². The van der Waals surface area contributed by atoms with Crippen molar-refractivity contribution in [3.05, 3.63) is 119 Å². The summed E-state index contributed by atoms with van der Waals surface area (Å²) in [5.74, 6) is 1.25. The van der Waals surface area contributed by atoms with Crippen LogP contribution < -0.4 is 14.9 Å². The van der Waals surface area contributed by atoms with E-state index in [0.717, 1.165) is 11.1 Å². The Morgan fingerprint density at radius 2 is 0.903 bits per heavy atom. The first-order valence-corrected chi connectivity index (χ1v) is 10.1. The molecular formula is C26H24N2O3. The van der Waals surface area contributed by atoms with Gasteiger partial charge in [-0.25, -0.2) is 0 Å². The molecule has 0 radical (unpaired) electrons. The number of ether oxygens (including phenoxy) is 1. The zero-order chi connectivity index (χ0) is 21.8. The molecule has 0 bridgehead atoms. The van der Waals surface area contributed by atoms with Crippen molar-refractivity contribution in [1.29, 1.82) is 0 Å². The lowest BCUT2D eigenvalue weighted by atomic mass is 10.2. The van der Waals surface area contributed by atoms with E-state index in [-0.39, 0.29) is 10.1 Å². The Balaban J connectivity index is 1.43. The molecule has 4 aromatic carbocycles. The summed E-state index contributed by atoms with van der Waals surface area (Å²) in [6.45, 7) is 3.93. The third kappa shape index (κ3) is 4.99. The lowest BCUT2D eigenvalue weighted by Gasteiger charge is -2.22. The second-order valence-corrected chi connectivity index (χ2v) is 7.55. The van der Waals surface area contributed by atoms with Crippen LogP contribution in [0.1, 0.15) is 11.1 Å². The van der Waals surface area contributed by atoms with Crippen molar-refractivity contribution in [3.8, 4) is 11.5 Å². The molecule has 156 valence electrons. The molecule has 0 aromatic heterocycles. The maximum atomic E-state index is 12.6. The Morgan fingerprint density at radius 3 is 1.26 bits per heavy atom. The zero-order valence-electron chi connectivity index (χ0n) is 17.5. The van der Waals surface area contributed by atoms with Gasteiger partial charge < -0.3 is 25.3 Å². The summed E-state index contributed by atoms with van der Waals surface area (Å²) in [6, 6.07) is 29.2. The molecule has 0 amide bonds. The first-order chi connectivity index (χ1) is 15.0. The summed E-state index contributed by atoms with van der Waals surface area (Å²) in [5, 5.41) is 25.2. The van der Waals surface area contributed by atoms with Crippen LogP contribution >= 0.6 is 0 Å². The van der Waals surface area contributed by atoms with Crippen LogP contribution in [0.5, 0.6) is 11.5 Å². The van der Waals surface area contributed by atoms with Crippen molar-refractivity contribution in [3.63, 3.8) is 0 Å². The predicted molar refractivity (Wildman–Crippen MR) is 123 cm³/mol. The maximum Gasteiger partial charge on any atom is 0.136 e. The van der Waals surface area contributed by atoms with E-state index in [1.165, 1.54) is 0 Å². The van der Waals surface area contributed by atoms with Gasteiger partial charge in [-0.15, -0.1) is 0 Å². The number of benzene rings is 4. The van der Waals surface area contributed by atoms with E-state index < -0.39 is 0 Å². The maximum absolute atomic E-state index is 12.6. The van der Waals surface area contributed by atoms with Gasteiger partial charge in [-0.1, -0.05) is 24.3 Å². The highest BCUT2D eigenvalue weighted by Gasteiger charge is 2.09. The zero-order valence-corrected chi connectivity index (χ0v) is 17.5. The van der Waals surface area contributed by atoms with Gasteiger partial charge in [0.15, 0.2) is 0 Å². The minimum Gasteiger partial charge on any atom is -0.623 e. The van der Waals surface area contributed by atoms with Crippen LogP contribution in [0.3, 0.4) is 0 Å². The fraction of sp³-hybridized carbons (Fsp3) is 0.0769. The molecule has 0 aliphatic heterocycles. The number of quaternary nitrogens is 2. The van der Waals surface area contributed by atoms with E-state index in [4.69, 9.17) is 4.74 Å². The van der Waals surface area contributed by atoms with Crippen LogP contribution in [0.2, 0.25) is 0 Å². The third-order valence-corrected chi connectivity index (χ3v) is 5.03. The highest BCUT2D eigenvalue weighted by molar-refractivity contribution is 5.45. The summed E-state index contributed by atoms with van der Waals surface area (Å²) >= 11 is 0. The lowest BCUT2D eigenvalue weighted by Crippen LogP contribution is -2.96. The molecular weight excluding hydrogens is 388 g/mol. The molecule has 2 N–H and O–H groups in total. The third-order valence-electron chi connectivity index (χ3n) is 5.03. The Labute approximate surface area is 181 Å². The molecule has 0 spiro atoms. The van der Waals surface area contributed by atoms with Crippen LogP contribution in [0.4, 0.5) is 22.7 Å². The number of hydrogen-bond acceptors (Lipinski definition) is 3. The highest BCUT2D eigenvalue weighted by Crippen LogP contribution is 2.24. The van der Waals surface area contributed by atoms with Crippen LogP contribution in [0.25, 0.3) is 0 Å². The minimum absolute atomic E-state index is 0.0192. The van der Waals surface area contributed by atoms with E-state index in [2.05, 4.69) is 0 Å². The molecule has 0 fully saturated rings. The summed E-state index contributed by atoms with van der Waals surface area (Å²) in [7, 11) is 0. The van der Waals surface area contributed by atoms with Gasteiger partial charge in [0, 0.05) is 36.4 Å². The molecule has 0 heterocycles. The van der Waals surface area contributed by atoms with Gasteiger partial charge in [0.2, 0.25) is 0 Å². The molecule has 31 heavy (non-hydrogen) atoms. The Hall–Kier alpha value is -3.48. The quantitative estimate of drug-likeness (QED) is 0.448. The van der Waals surface area contributed by atoms with E-state index in [1.54, 1.807) is 48.5 Å². The molecule has 0 saturated carbocycles. The second-order valence-electron chi connectivity index (χ2n) is 7.55. The average Bonchev–Trinajstić information content (AvgIpc) is 2.79. The summed E-state index contributed by atoms with van der Waals surface area (Å²) in [6.07, 6.45) is 0. The molecule has 4 rings (SSSR count). The van der Waals surface area contributed by atoms with E-state index in [1.807, 2.05) is 62.4 Å². The van der Waals surface area contributed by atoms with Crippen molar-refractivity contribution < 1.29 is 14.9 Å². The fourth-order valence-corrected chi connectivity index (χ4v) is 3.39. The molecule has 4 aromatic rings. The number of aryl methyl sites for hydroxylation is 2. The van der Waals surface area contributed by atoms with Gasteiger partial charge in [-0.3, -0.25) is 0 Å². The van der Waals surface area contributed by atoms with Crippen molar-refractivity contribution in [2.45, 2.75) is 13.8 Å². The molecule has 2 atom stereocenters. The van der Waals surface area contributed by atoms with E-state index in [9.17, 15) is 10.4 Å². The molecule has 0 aliphatic rings. The standard InChI is InChI=1S/C26H24N2O3/c1-19-5-3-7-23(17-19)27(29)21-9-13-25(14-10-21)31-26-15-11-22(12-16-26)28(30)24-8-4-6-20(2)18-24/h3-18,27-28H,1-2H3. The summed E-state index contributed by atoms with van der Waals surface area (Å²) in [4.78, 5) is 0. The Morgan fingerprint density at radius 1 is 0.516 bits per heavy atom. The molecule has 5 nitrogen and oxygen atoms in total. The van der Waals surface area contributed by atoms with Gasteiger partial charge in [-0.2, -0.15) is 0 Å². The number of rotatable bonds is 6. The largest absolute Gasteiger partial charge is 0.623 e. The monoisotopic (exact) mass is 412 g/mol. The highest BCUT2D eigenvalue weighted by atomic mass is 16.5. The predicted octanol–water partition coefficient (Wildman–Crippen LogP) is 4.79. The van der Waals surface area contributed by atoms with Gasteiger partial charge in [0.25, 0.3) is 0 Å². The van der Waals surface area contributed by atoms with Gasteiger partial charge >= 0.3 is 0 Å². The van der Waals surface area contributed by atoms with Gasteiger partial charge in [-0.05, 0) is 61.4 Å². The first kappa shape index (κ1) is 20.8. The number of hydrogen-bond donors (Lipinski definition) is 2. The van der Waals surface area contributed by atoms with E-state index >= 15 is 0 Å². The number of nitrogens with one attached hydrogen (secondary N) is 2. The fourth-order valence-electron chi connectivity index (χ4n) is 3.39. The SMILES string of the molecule is Cc1cccc([NH+]([O-])c2ccc(Oc3ccc([NH+]([O-])c4cccc(C)c4)cc3)cc2)c1.